The molecule has 1 amide bonds. The third-order valence-electron chi connectivity index (χ3n) is 2.36. The molecule has 2 rings (SSSR count). The molecule has 0 saturated carbocycles. The Balaban J connectivity index is 2.26. The summed E-state index contributed by atoms with van der Waals surface area (Å²) in [6, 6.07) is 9.48. The minimum Gasteiger partial charge on any atom is -0.350 e. The van der Waals surface area contributed by atoms with Crippen molar-refractivity contribution in [1.82, 2.24) is 15.5 Å². The maximum Gasteiger partial charge on any atom is 0.251 e. The fraction of sp³-hybridized carbons (Fsp3) is 0.231. The molecule has 1 aromatic carbocycles. The standard InChI is InChI=1S/C13H15N3O/c1-9(2)15-13(17)11-5-3-4-10(8-11)12-6-7-14-16-12/h3-9H,1-2H3,(H,14,16)(H,15,17). The van der Waals surface area contributed by atoms with Gasteiger partial charge in [-0.05, 0) is 32.0 Å². The molecular weight excluding hydrogens is 214 g/mol. The van der Waals surface area contributed by atoms with E-state index >= 15 is 0 Å². The Morgan fingerprint density at radius 3 is 2.82 bits per heavy atom. The van der Waals surface area contributed by atoms with Crippen LogP contribution in [0, 0.1) is 0 Å². The van der Waals surface area contributed by atoms with Crippen LogP contribution in [-0.2, 0) is 0 Å². The van der Waals surface area contributed by atoms with Gasteiger partial charge in [-0.25, -0.2) is 0 Å². The molecule has 17 heavy (non-hydrogen) atoms. The quantitative estimate of drug-likeness (QED) is 0.847. The number of amides is 1. The molecule has 0 aliphatic carbocycles. The Morgan fingerprint density at radius 1 is 1.35 bits per heavy atom. The maximum absolute atomic E-state index is 11.8. The smallest absolute Gasteiger partial charge is 0.251 e. The second-order valence-corrected chi connectivity index (χ2v) is 4.18. The van der Waals surface area contributed by atoms with Gasteiger partial charge in [0.2, 0.25) is 0 Å². The number of nitrogens with zero attached hydrogens (tertiary/aromatic N) is 1. The van der Waals surface area contributed by atoms with Gasteiger partial charge in [0.25, 0.3) is 5.91 Å². The number of aromatic amines is 1. The minimum absolute atomic E-state index is 0.0543. The lowest BCUT2D eigenvalue weighted by molar-refractivity contribution is 0.0943. The Kier molecular flexibility index (Phi) is 3.23. The predicted octanol–water partition coefficient (Wildman–Crippen LogP) is 2.21. The van der Waals surface area contributed by atoms with Gasteiger partial charge < -0.3 is 5.32 Å². The SMILES string of the molecule is CC(C)NC(=O)c1cccc(-c2ccn[nH]2)c1. The zero-order valence-corrected chi connectivity index (χ0v) is 9.90. The van der Waals surface area contributed by atoms with Crippen LogP contribution < -0.4 is 5.32 Å². The first-order valence-corrected chi connectivity index (χ1v) is 5.57. The molecular formula is C13H15N3O. The number of aromatic nitrogens is 2. The Hall–Kier alpha value is -2.10. The van der Waals surface area contributed by atoms with Gasteiger partial charge in [0, 0.05) is 23.4 Å². The fourth-order valence-electron chi connectivity index (χ4n) is 1.59. The normalized spacial score (nSPS) is 10.5. The van der Waals surface area contributed by atoms with Crippen LogP contribution in [-0.4, -0.2) is 22.1 Å². The van der Waals surface area contributed by atoms with Gasteiger partial charge in [-0.3, -0.25) is 9.89 Å². The zero-order valence-electron chi connectivity index (χ0n) is 9.90. The molecule has 88 valence electrons. The van der Waals surface area contributed by atoms with Crippen molar-refractivity contribution < 1.29 is 4.79 Å². The predicted molar refractivity (Wildman–Crippen MR) is 66.6 cm³/mol. The van der Waals surface area contributed by atoms with Gasteiger partial charge in [-0.1, -0.05) is 12.1 Å². The topological polar surface area (TPSA) is 57.8 Å². The fourth-order valence-corrected chi connectivity index (χ4v) is 1.59. The number of carbonyl (C=O) groups is 1. The van der Waals surface area contributed by atoms with Crippen molar-refractivity contribution in [1.29, 1.82) is 0 Å². The van der Waals surface area contributed by atoms with Crippen LogP contribution in [0.1, 0.15) is 24.2 Å². The molecule has 1 heterocycles. The van der Waals surface area contributed by atoms with Crippen LogP contribution in [0.3, 0.4) is 0 Å². The molecule has 0 aliphatic rings. The van der Waals surface area contributed by atoms with E-state index in [0.717, 1.165) is 11.3 Å². The van der Waals surface area contributed by atoms with E-state index in [1.807, 2.05) is 38.1 Å². The van der Waals surface area contributed by atoms with Crippen LogP contribution >= 0.6 is 0 Å². The van der Waals surface area contributed by atoms with Crippen LogP contribution in [0.5, 0.6) is 0 Å². The van der Waals surface area contributed by atoms with Gasteiger partial charge in [0.15, 0.2) is 0 Å². The van der Waals surface area contributed by atoms with Gasteiger partial charge in [0.1, 0.15) is 0 Å². The molecule has 2 N–H and O–H groups in total. The molecule has 1 aromatic heterocycles. The highest BCUT2D eigenvalue weighted by Gasteiger charge is 2.08. The van der Waals surface area contributed by atoms with E-state index < -0.39 is 0 Å². The summed E-state index contributed by atoms with van der Waals surface area (Å²) in [4.78, 5) is 11.8. The van der Waals surface area contributed by atoms with E-state index in [0.29, 0.717) is 5.56 Å². The van der Waals surface area contributed by atoms with Gasteiger partial charge in [-0.2, -0.15) is 5.10 Å². The summed E-state index contributed by atoms with van der Waals surface area (Å²) in [7, 11) is 0. The van der Waals surface area contributed by atoms with Crippen molar-refractivity contribution in [2.24, 2.45) is 0 Å². The Bertz CT molecular complexity index is 503. The van der Waals surface area contributed by atoms with E-state index in [9.17, 15) is 4.79 Å². The van der Waals surface area contributed by atoms with Crippen LogP contribution in [0.25, 0.3) is 11.3 Å². The summed E-state index contributed by atoms with van der Waals surface area (Å²) in [6.07, 6.45) is 1.69. The number of H-pyrrole nitrogens is 1. The third kappa shape index (κ3) is 2.72. The first kappa shape index (κ1) is 11.4. The monoisotopic (exact) mass is 229 g/mol. The van der Waals surface area contributed by atoms with Crippen molar-refractivity contribution in [2.45, 2.75) is 19.9 Å². The third-order valence-corrected chi connectivity index (χ3v) is 2.36. The van der Waals surface area contributed by atoms with E-state index in [4.69, 9.17) is 0 Å². The summed E-state index contributed by atoms with van der Waals surface area (Å²) >= 11 is 0. The van der Waals surface area contributed by atoms with Gasteiger partial charge >= 0.3 is 0 Å². The number of nitrogens with one attached hydrogen (secondary N) is 2. The number of carbonyl (C=O) groups excluding carboxylic acids is 1. The van der Waals surface area contributed by atoms with E-state index in [-0.39, 0.29) is 11.9 Å². The summed E-state index contributed by atoms with van der Waals surface area (Å²) in [5.74, 6) is -0.0543. The first-order valence-electron chi connectivity index (χ1n) is 5.57. The molecule has 2 aromatic rings. The second-order valence-electron chi connectivity index (χ2n) is 4.18. The zero-order chi connectivity index (χ0) is 12.3. The van der Waals surface area contributed by atoms with Crippen molar-refractivity contribution in [2.75, 3.05) is 0 Å². The molecule has 4 nitrogen and oxygen atoms in total. The molecule has 0 spiro atoms. The molecule has 4 heteroatoms. The van der Waals surface area contributed by atoms with Crippen LogP contribution in [0.4, 0.5) is 0 Å². The minimum atomic E-state index is -0.0543. The highest BCUT2D eigenvalue weighted by atomic mass is 16.1. The van der Waals surface area contributed by atoms with E-state index in [1.54, 1.807) is 12.3 Å². The number of hydrogen-bond donors (Lipinski definition) is 2. The number of hydrogen-bond acceptors (Lipinski definition) is 2. The van der Waals surface area contributed by atoms with Crippen molar-refractivity contribution in [3.8, 4) is 11.3 Å². The molecule has 0 radical (unpaired) electrons. The Morgan fingerprint density at radius 2 is 2.18 bits per heavy atom. The summed E-state index contributed by atoms with van der Waals surface area (Å²) in [6.45, 7) is 3.88. The van der Waals surface area contributed by atoms with Crippen LogP contribution in [0.15, 0.2) is 36.5 Å². The summed E-state index contributed by atoms with van der Waals surface area (Å²) in [5.41, 5.74) is 2.52. The van der Waals surface area contributed by atoms with Crippen LogP contribution in [0.2, 0.25) is 0 Å². The first-order chi connectivity index (χ1) is 8.16. The summed E-state index contributed by atoms with van der Waals surface area (Å²) < 4.78 is 0. The average Bonchev–Trinajstić information content (AvgIpc) is 2.82. The molecule has 0 saturated heterocycles. The maximum atomic E-state index is 11.8. The molecule has 0 atom stereocenters. The van der Waals surface area contributed by atoms with Crippen molar-refractivity contribution in [3.05, 3.63) is 42.1 Å². The molecule has 0 unspecified atom stereocenters. The molecule has 0 fully saturated rings. The van der Waals surface area contributed by atoms with Gasteiger partial charge in [0.05, 0.1) is 5.69 Å². The Labute approximate surface area is 100 Å². The second kappa shape index (κ2) is 4.82. The van der Waals surface area contributed by atoms with Gasteiger partial charge in [-0.15, -0.1) is 0 Å². The molecule has 0 aliphatic heterocycles. The van der Waals surface area contributed by atoms with E-state index in [2.05, 4.69) is 15.5 Å². The largest absolute Gasteiger partial charge is 0.350 e. The lowest BCUT2D eigenvalue weighted by Crippen LogP contribution is -2.30. The summed E-state index contributed by atoms with van der Waals surface area (Å²) in [5, 5.41) is 9.64. The molecule has 0 bridgehead atoms. The van der Waals surface area contributed by atoms with E-state index in [1.165, 1.54) is 0 Å². The average molecular weight is 229 g/mol. The highest BCUT2D eigenvalue weighted by molar-refractivity contribution is 5.95. The number of rotatable bonds is 3. The lowest BCUT2D eigenvalue weighted by Gasteiger charge is -2.08. The number of benzene rings is 1. The lowest BCUT2D eigenvalue weighted by atomic mass is 10.1. The van der Waals surface area contributed by atoms with Crippen molar-refractivity contribution >= 4 is 5.91 Å². The highest BCUT2D eigenvalue weighted by Crippen LogP contribution is 2.17. The van der Waals surface area contributed by atoms with Crippen molar-refractivity contribution in [3.63, 3.8) is 0 Å².